The van der Waals surface area contributed by atoms with Crippen LogP contribution >= 0.6 is 12.6 Å². The number of carbonyl (C=O) groups is 6. The lowest BCUT2D eigenvalue weighted by molar-refractivity contribution is -0.142. The van der Waals surface area contributed by atoms with E-state index in [0.717, 1.165) is 0 Å². The highest BCUT2D eigenvalue weighted by atomic mass is 32.1. The molecule has 0 fully saturated rings. The molecule has 9 N–H and O–H groups in total. The number of carboxylic acids is 2. The lowest BCUT2D eigenvalue weighted by atomic mass is 10.0. The van der Waals surface area contributed by atoms with Gasteiger partial charge in [-0.2, -0.15) is 12.6 Å². The van der Waals surface area contributed by atoms with Gasteiger partial charge in [0.05, 0.1) is 12.5 Å². The van der Waals surface area contributed by atoms with Crippen molar-refractivity contribution in [1.82, 2.24) is 16.0 Å². The Morgan fingerprint density at radius 2 is 1.45 bits per heavy atom. The average Bonchev–Trinajstić information content (AvgIpc) is 2.65. The largest absolute Gasteiger partial charge is 0.481 e. The van der Waals surface area contributed by atoms with Gasteiger partial charge in [-0.1, -0.05) is 13.8 Å². The number of carboxylic acid groups (broad SMARTS) is 2. The third-order valence-corrected chi connectivity index (χ3v) is 4.45. The Labute approximate surface area is 184 Å². The Morgan fingerprint density at radius 3 is 1.87 bits per heavy atom. The molecule has 0 saturated heterocycles. The molecule has 13 nitrogen and oxygen atoms in total. The topological polar surface area (TPSA) is 231 Å². The maximum atomic E-state index is 12.7. The summed E-state index contributed by atoms with van der Waals surface area (Å²) < 4.78 is 0. The number of hydrogen-bond donors (Lipinski definition) is 8. The van der Waals surface area contributed by atoms with Crippen LogP contribution in [0, 0.1) is 5.92 Å². The lowest BCUT2D eigenvalue weighted by Gasteiger charge is -2.26. The smallest absolute Gasteiger partial charge is 0.327 e. The average molecular weight is 464 g/mol. The zero-order chi connectivity index (χ0) is 24.3. The summed E-state index contributed by atoms with van der Waals surface area (Å²) in [5.41, 5.74) is 10.5. The molecule has 4 atom stereocenters. The zero-order valence-corrected chi connectivity index (χ0v) is 18.1. The van der Waals surface area contributed by atoms with Crippen LogP contribution in [-0.4, -0.2) is 75.7 Å². The predicted molar refractivity (Wildman–Crippen MR) is 111 cm³/mol. The molecular formula is C17H29N5O8S. The van der Waals surface area contributed by atoms with Gasteiger partial charge in [-0.05, 0) is 12.3 Å². The first kappa shape index (κ1) is 28.1. The molecule has 0 aliphatic rings. The fourth-order valence-corrected chi connectivity index (χ4v) is 2.61. The molecule has 0 aliphatic heterocycles. The summed E-state index contributed by atoms with van der Waals surface area (Å²) in [4.78, 5) is 70.2. The monoisotopic (exact) mass is 463 g/mol. The number of thiol groups is 1. The molecule has 4 amide bonds. The van der Waals surface area contributed by atoms with Gasteiger partial charge in [0.25, 0.3) is 0 Å². The van der Waals surface area contributed by atoms with Gasteiger partial charge in [0.15, 0.2) is 0 Å². The number of nitrogens with two attached hydrogens (primary N) is 2. The molecule has 0 heterocycles. The summed E-state index contributed by atoms with van der Waals surface area (Å²) in [5.74, 6) is -6.64. The van der Waals surface area contributed by atoms with Crippen LogP contribution in [0.5, 0.6) is 0 Å². The molecule has 0 aromatic rings. The summed E-state index contributed by atoms with van der Waals surface area (Å²) in [5, 5.41) is 24.8. The highest BCUT2D eigenvalue weighted by Gasteiger charge is 2.32. The molecule has 176 valence electrons. The molecule has 0 spiro atoms. The van der Waals surface area contributed by atoms with E-state index in [-0.39, 0.29) is 12.2 Å². The van der Waals surface area contributed by atoms with E-state index < -0.39 is 78.5 Å². The SMILES string of the molecule is CC(C)C(NC(=O)C(CCC(=O)O)NC(=O)C(N)CC(N)=O)C(=O)NC(CS)C(=O)O. The van der Waals surface area contributed by atoms with E-state index in [0.29, 0.717) is 0 Å². The first-order chi connectivity index (χ1) is 14.3. The van der Waals surface area contributed by atoms with Gasteiger partial charge in [0.2, 0.25) is 23.6 Å². The van der Waals surface area contributed by atoms with Crippen LogP contribution in [0.4, 0.5) is 0 Å². The van der Waals surface area contributed by atoms with E-state index in [1.165, 1.54) is 0 Å². The summed E-state index contributed by atoms with van der Waals surface area (Å²) in [6.45, 7) is 3.18. The minimum absolute atomic E-state index is 0.186. The van der Waals surface area contributed by atoms with Crippen LogP contribution in [-0.2, 0) is 28.8 Å². The number of primary amides is 1. The van der Waals surface area contributed by atoms with Crippen LogP contribution in [0.3, 0.4) is 0 Å². The molecule has 14 heteroatoms. The maximum absolute atomic E-state index is 12.7. The minimum Gasteiger partial charge on any atom is -0.481 e. The molecule has 0 radical (unpaired) electrons. The van der Waals surface area contributed by atoms with Crippen molar-refractivity contribution in [3.63, 3.8) is 0 Å². The Bertz CT molecular complexity index is 702. The van der Waals surface area contributed by atoms with E-state index in [1.807, 2.05) is 0 Å². The van der Waals surface area contributed by atoms with Crippen LogP contribution in [0.25, 0.3) is 0 Å². The highest BCUT2D eigenvalue weighted by molar-refractivity contribution is 7.80. The van der Waals surface area contributed by atoms with Gasteiger partial charge in [-0.3, -0.25) is 24.0 Å². The first-order valence-corrected chi connectivity index (χ1v) is 9.93. The van der Waals surface area contributed by atoms with E-state index in [2.05, 4.69) is 28.6 Å². The van der Waals surface area contributed by atoms with Gasteiger partial charge in [0, 0.05) is 12.2 Å². The van der Waals surface area contributed by atoms with Gasteiger partial charge in [0.1, 0.15) is 18.1 Å². The molecule has 0 rings (SSSR count). The minimum atomic E-state index is -1.38. The summed E-state index contributed by atoms with van der Waals surface area (Å²) >= 11 is 3.85. The normalized spacial score (nSPS) is 14.6. The molecule has 0 saturated carbocycles. The fraction of sp³-hybridized carbons (Fsp3) is 0.647. The van der Waals surface area contributed by atoms with Crippen molar-refractivity contribution in [1.29, 1.82) is 0 Å². The summed E-state index contributed by atoms with van der Waals surface area (Å²) in [6, 6.07) is -5.20. The van der Waals surface area contributed by atoms with Crippen LogP contribution in [0.15, 0.2) is 0 Å². The van der Waals surface area contributed by atoms with E-state index in [4.69, 9.17) is 21.7 Å². The van der Waals surface area contributed by atoms with Gasteiger partial charge in [-0.15, -0.1) is 0 Å². The molecule has 0 aromatic carbocycles. The Morgan fingerprint density at radius 1 is 0.903 bits per heavy atom. The number of amides is 4. The third-order valence-electron chi connectivity index (χ3n) is 4.08. The number of rotatable bonds is 14. The second-order valence-electron chi connectivity index (χ2n) is 7.08. The van der Waals surface area contributed by atoms with Crippen LogP contribution < -0.4 is 27.4 Å². The van der Waals surface area contributed by atoms with Gasteiger partial charge >= 0.3 is 11.9 Å². The quantitative estimate of drug-likeness (QED) is 0.124. The second-order valence-corrected chi connectivity index (χ2v) is 7.45. The highest BCUT2D eigenvalue weighted by Crippen LogP contribution is 2.06. The number of hydrogen-bond acceptors (Lipinski definition) is 8. The Hall–Kier alpha value is -2.87. The summed E-state index contributed by atoms with van der Waals surface area (Å²) in [6.07, 6.45) is -1.30. The molecule has 0 aliphatic carbocycles. The van der Waals surface area contributed by atoms with Crippen LogP contribution in [0.2, 0.25) is 0 Å². The summed E-state index contributed by atoms with van der Waals surface area (Å²) in [7, 11) is 0. The van der Waals surface area contributed by atoms with Crippen molar-refractivity contribution in [3.05, 3.63) is 0 Å². The first-order valence-electron chi connectivity index (χ1n) is 9.30. The lowest BCUT2D eigenvalue weighted by Crippen LogP contribution is -2.58. The van der Waals surface area contributed by atoms with Crippen molar-refractivity contribution in [3.8, 4) is 0 Å². The van der Waals surface area contributed by atoms with E-state index >= 15 is 0 Å². The van der Waals surface area contributed by atoms with Gasteiger partial charge in [-0.25, -0.2) is 4.79 Å². The maximum Gasteiger partial charge on any atom is 0.327 e. The Kier molecular flexibility index (Phi) is 12.2. The van der Waals surface area contributed by atoms with Crippen molar-refractivity contribution in [2.45, 2.75) is 57.3 Å². The third kappa shape index (κ3) is 10.6. The predicted octanol–water partition coefficient (Wildman–Crippen LogP) is -2.82. The Balaban J connectivity index is 5.42. The van der Waals surface area contributed by atoms with Gasteiger partial charge < -0.3 is 37.6 Å². The molecule has 4 unspecified atom stereocenters. The molecular weight excluding hydrogens is 434 g/mol. The number of carbonyl (C=O) groups excluding carboxylic acids is 4. The standard InChI is InChI=1S/C17H29N5O8S/c1-7(2)13(16(28)21-10(6-31)17(29)30)22-15(27)9(3-4-12(24)25)20-14(26)8(18)5-11(19)23/h7-10,13,31H,3-6,18H2,1-2H3,(H2,19,23)(H,20,26)(H,21,28)(H,22,27)(H,24,25)(H,29,30). The van der Waals surface area contributed by atoms with E-state index in [1.54, 1.807) is 13.8 Å². The van der Waals surface area contributed by atoms with Crippen molar-refractivity contribution in [2.24, 2.45) is 17.4 Å². The van der Waals surface area contributed by atoms with Crippen molar-refractivity contribution >= 4 is 48.2 Å². The van der Waals surface area contributed by atoms with E-state index in [9.17, 15) is 28.8 Å². The zero-order valence-electron chi connectivity index (χ0n) is 17.2. The van der Waals surface area contributed by atoms with Crippen LogP contribution in [0.1, 0.15) is 33.1 Å². The molecule has 31 heavy (non-hydrogen) atoms. The van der Waals surface area contributed by atoms with Crippen molar-refractivity contribution < 1.29 is 39.0 Å². The molecule has 0 bridgehead atoms. The van der Waals surface area contributed by atoms with Crippen molar-refractivity contribution in [2.75, 3.05) is 5.75 Å². The second kappa shape index (κ2) is 13.4. The molecule has 0 aromatic heterocycles. The fourth-order valence-electron chi connectivity index (χ4n) is 2.36. The number of nitrogens with one attached hydrogen (secondary N) is 3. The number of aliphatic carboxylic acids is 2.